The second kappa shape index (κ2) is 13.5. The first kappa shape index (κ1) is 33.3. The Morgan fingerprint density at radius 1 is 1.02 bits per heavy atom. The molecule has 3 aromatic carbocycles. The van der Waals surface area contributed by atoms with Gasteiger partial charge < -0.3 is 19.5 Å². The fourth-order valence-corrected chi connectivity index (χ4v) is 9.33. The van der Waals surface area contributed by atoms with Gasteiger partial charge in [-0.1, -0.05) is 54.6 Å². The molecule has 3 atom stereocenters. The van der Waals surface area contributed by atoms with E-state index in [4.69, 9.17) is 19.4 Å². The van der Waals surface area contributed by atoms with Crippen LogP contribution in [0.25, 0.3) is 32.9 Å². The molecular formula is C41H40FN7O4. The Hall–Kier alpha value is -5.54. The quantitative estimate of drug-likeness (QED) is 0.183. The number of fused-ring (bicyclic) bond motifs is 5. The number of benzene rings is 3. The Morgan fingerprint density at radius 3 is 2.62 bits per heavy atom. The first-order valence-corrected chi connectivity index (χ1v) is 18.5. The molecule has 0 saturated carbocycles. The highest BCUT2D eigenvalue weighted by atomic mass is 19.1. The number of carbonyl (C=O) groups excluding carboxylic acids is 1. The molecule has 2 aromatic heterocycles. The molecule has 0 spiro atoms. The number of anilines is 1. The molecule has 0 aliphatic carbocycles. The fraction of sp³-hybridized carbons (Fsp3) is 0.390. The van der Waals surface area contributed by atoms with Crippen molar-refractivity contribution in [2.24, 2.45) is 5.92 Å². The molecular weight excluding hydrogens is 673 g/mol. The van der Waals surface area contributed by atoms with Crippen LogP contribution in [-0.2, 0) is 11.3 Å². The Balaban J connectivity index is 1.09. The molecule has 2 bridgehead atoms. The topological polar surface area (TPSA) is 128 Å². The summed E-state index contributed by atoms with van der Waals surface area (Å²) in [6.07, 6.45) is 6.41. The van der Waals surface area contributed by atoms with Crippen LogP contribution >= 0.6 is 0 Å². The van der Waals surface area contributed by atoms with Crippen molar-refractivity contribution in [1.29, 1.82) is 5.26 Å². The summed E-state index contributed by atoms with van der Waals surface area (Å²) in [5.41, 5.74) is 1.41. The maximum absolute atomic E-state index is 17.0. The number of amides is 1. The molecule has 0 radical (unpaired) electrons. The van der Waals surface area contributed by atoms with Gasteiger partial charge in [-0.3, -0.25) is 14.8 Å². The molecule has 4 aliphatic heterocycles. The smallest absolute Gasteiger partial charge is 0.410 e. The zero-order valence-electron chi connectivity index (χ0n) is 29.3. The zero-order chi connectivity index (χ0) is 36.1. The third kappa shape index (κ3) is 5.93. The van der Waals surface area contributed by atoms with Gasteiger partial charge in [-0.15, -0.1) is 0 Å². The van der Waals surface area contributed by atoms with Crippen molar-refractivity contribution in [3.8, 4) is 29.1 Å². The van der Waals surface area contributed by atoms with Gasteiger partial charge >= 0.3 is 12.1 Å². The van der Waals surface area contributed by atoms with Crippen LogP contribution in [0.15, 0.2) is 72.9 Å². The van der Waals surface area contributed by atoms with Gasteiger partial charge in [-0.25, -0.2) is 9.18 Å². The van der Waals surface area contributed by atoms with E-state index in [0.29, 0.717) is 49.3 Å². The summed E-state index contributed by atoms with van der Waals surface area (Å²) >= 11 is 0. The van der Waals surface area contributed by atoms with Gasteiger partial charge in [-0.05, 0) is 79.6 Å². The number of pyridine rings is 1. The molecule has 270 valence electrons. The number of piperazine rings is 1. The first-order valence-electron chi connectivity index (χ1n) is 18.5. The second-order valence-electron chi connectivity index (χ2n) is 14.9. The third-order valence-corrected chi connectivity index (χ3v) is 11.8. The van der Waals surface area contributed by atoms with Gasteiger partial charge in [0.05, 0.1) is 29.1 Å². The van der Waals surface area contributed by atoms with Crippen molar-refractivity contribution in [3.05, 3.63) is 84.3 Å². The molecule has 53 heavy (non-hydrogen) atoms. The minimum absolute atomic E-state index is 0.00639. The highest BCUT2D eigenvalue weighted by Gasteiger charge is 2.50. The molecule has 1 amide bonds. The predicted octanol–water partition coefficient (Wildman–Crippen LogP) is 6.83. The summed E-state index contributed by atoms with van der Waals surface area (Å²) in [6, 6.07) is 22.0. The van der Waals surface area contributed by atoms with Crippen molar-refractivity contribution in [2.45, 2.75) is 62.8 Å². The van der Waals surface area contributed by atoms with E-state index in [9.17, 15) is 15.2 Å². The lowest BCUT2D eigenvalue weighted by Crippen LogP contribution is -2.57. The Kier molecular flexibility index (Phi) is 8.46. The van der Waals surface area contributed by atoms with Gasteiger partial charge in [0.2, 0.25) is 0 Å². The molecule has 0 unspecified atom stereocenters. The summed E-state index contributed by atoms with van der Waals surface area (Å²) in [5.74, 6) is -0.215. The summed E-state index contributed by atoms with van der Waals surface area (Å²) < 4.78 is 29.2. The number of phenolic OH excluding ortho intramolecular Hbond substituents is 1. The van der Waals surface area contributed by atoms with Crippen molar-refractivity contribution >= 4 is 33.6 Å². The molecule has 4 aliphatic rings. The number of ether oxygens (including phenoxy) is 2. The number of carbonyl (C=O) groups is 1. The molecule has 12 heteroatoms. The number of rotatable bonds is 8. The normalized spacial score (nSPS) is 21.9. The van der Waals surface area contributed by atoms with E-state index in [-0.39, 0.29) is 53.1 Å². The van der Waals surface area contributed by atoms with E-state index in [0.717, 1.165) is 55.1 Å². The Morgan fingerprint density at radius 2 is 1.81 bits per heavy atom. The van der Waals surface area contributed by atoms with Crippen LogP contribution in [0.3, 0.4) is 0 Å². The van der Waals surface area contributed by atoms with Crippen molar-refractivity contribution < 1.29 is 23.8 Å². The Labute approximate surface area is 306 Å². The number of hydrogen-bond acceptors (Lipinski definition) is 10. The van der Waals surface area contributed by atoms with Crippen LogP contribution in [0, 0.1) is 23.1 Å². The summed E-state index contributed by atoms with van der Waals surface area (Å²) in [6.45, 7) is 3.42. The summed E-state index contributed by atoms with van der Waals surface area (Å²) in [4.78, 5) is 34.2. The van der Waals surface area contributed by atoms with E-state index in [1.54, 1.807) is 17.2 Å². The summed E-state index contributed by atoms with van der Waals surface area (Å²) in [5, 5.41) is 22.2. The first-order chi connectivity index (χ1) is 25.9. The molecule has 1 N–H and O–H groups in total. The minimum Gasteiger partial charge on any atom is -0.508 e. The SMILES string of the molecule is N#CC[C@@H]1C[C@@H]2CN(c3nc(OCC45CCCN4CCC5)nc4c(F)c(-c5cc(O)cc6ccccc56)ncc34)C[C@H]1N2C(=O)OCc1ccccc1. The average molecular weight is 714 g/mol. The molecule has 4 saturated heterocycles. The van der Waals surface area contributed by atoms with Gasteiger partial charge in [0.15, 0.2) is 5.82 Å². The zero-order valence-corrected chi connectivity index (χ0v) is 29.3. The van der Waals surface area contributed by atoms with Crippen LogP contribution in [0.2, 0.25) is 0 Å². The van der Waals surface area contributed by atoms with Crippen molar-refractivity contribution in [3.63, 3.8) is 0 Å². The lowest BCUT2D eigenvalue weighted by molar-refractivity contribution is 0.0700. The largest absolute Gasteiger partial charge is 0.508 e. The fourth-order valence-electron chi connectivity index (χ4n) is 9.33. The van der Waals surface area contributed by atoms with Gasteiger partial charge in [0, 0.05) is 31.3 Å². The maximum atomic E-state index is 17.0. The van der Waals surface area contributed by atoms with E-state index in [1.807, 2.05) is 54.6 Å². The average Bonchev–Trinajstić information content (AvgIpc) is 3.82. The number of aromatic hydroxyl groups is 1. The predicted molar refractivity (Wildman–Crippen MR) is 197 cm³/mol. The lowest BCUT2D eigenvalue weighted by atomic mass is 9.95. The van der Waals surface area contributed by atoms with Crippen molar-refractivity contribution in [2.75, 3.05) is 37.7 Å². The maximum Gasteiger partial charge on any atom is 0.410 e. The van der Waals surface area contributed by atoms with Crippen LogP contribution in [0.5, 0.6) is 11.8 Å². The molecule has 9 rings (SSSR count). The molecule has 6 heterocycles. The van der Waals surface area contributed by atoms with Crippen LogP contribution in [0.4, 0.5) is 15.0 Å². The number of phenols is 1. The molecule has 5 aromatic rings. The van der Waals surface area contributed by atoms with Crippen LogP contribution in [-0.4, -0.2) is 86.4 Å². The standard InChI is InChI=1S/C41H40FN7O4/c42-35-36(32-20-30(50)19-27-10-4-5-11-31(27)32)44-21-33-37(35)45-39(53-25-41-13-6-16-48(41)17-7-14-41)46-38(33)47-22-29-18-28(12-15-43)34(23-47)49(29)40(51)52-24-26-8-2-1-3-9-26/h1-5,8-11,19-21,28-29,34,50H,6-7,12-14,16-18,22-25H2/t28-,29-,34-/m1/s1. The van der Waals surface area contributed by atoms with E-state index in [1.165, 1.54) is 6.07 Å². The van der Waals surface area contributed by atoms with Gasteiger partial charge in [0.25, 0.3) is 0 Å². The summed E-state index contributed by atoms with van der Waals surface area (Å²) in [7, 11) is 0. The number of hydrogen-bond donors (Lipinski definition) is 1. The number of aromatic nitrogens is 3. The lowest BCUT2D eigenvalue weighted by Gasteiger charge is -2.41. The number of nitriles is 1. The molecule has 4 fully saturated rings. The highest BCUT2D eigenvalue weighted by Crippen LogP contribution is 2.43. The molecule has 11 nitrogen and oxygen atoms in total. The van der Waals surface area contributed by atoms with E-state index >= 15 is 4.39 Å². The highest BCUT2D eigenvalue weighted by molar-refractivity contribution is 6.00. The van der Waals surface area contributed by atoms with Crippen LogP contribution < -0.4 is 9.64 Å². The monoisotopic (exact) mass is 713 g/mol. The number of halogens is 1. The second-order valence-corrected chi connectivity index (χ2v) is 14.9. The van der Waals surface area contributed by atoms with E-state index < -0.39 is 11.9 Å². The minimum atomic E-state index is -0.637. The van der Waals surface area contributed by atoms with E-state index in [2.05, 4.69) is 20.9 Å². The number of nitrogens with zero attached hydrogens (tertiary/aromatic N) is 7. The third-order valence-electron chi connectivity index (χ3n) is 11.8. The van der Waals surface area contributed by atoms with Crippen molar-refractivity contribution in [1.82, 2.24) is 24.8 Å². The van der Waals surface area contributed by atoms with Crippen LogP contribution in [0.1, 0.15) is 44.1 Å². The Bertz CT molecular complexity index is 2240. The van der Waals surface area contributed by atoms with Gasteiger partial charge in [-0.2, -0.15) is 15.2 Å². The van der Waals surface area contributed by atoms with Gasteiger partial charge in [0.1, 0.15) is 36.0 Å².